The second-order valence-corrected chi connectivity index (χ2v) is 3.63. The predicted molar refractivity (Wildman–Crippen MR) is 53.1 cm³/mol. The minimum absolute atomic E-state index is 0.638. The molecule has 0 aromatic heterocycles. The fraction of sp³-hybridized carbons (Fsp3) is 0.800. The zero-order valence-corrected chi connectivity index (χ0v) is 8.52. The highest BCUT2D eigenvalue weighted by atomic mass is 16.5. The monoisotopic (exact) mass is 171 g/mol. The van der Waals surface area contributed by atoms with Crippen LogP contribution in [0.1, 0.15) is 27.2 Å². The third-order valence-corrected chi connectivity index (χ3v) is 1.45. The van der Waals surface area contributed by atoms with Crippen LogP contribution in [0.2, 0.25) is 0 Å². The van der Waals surface area contributed by atoms with E-state index in [1.54, 1.807) is 0 Å². The molecular weight excluding hydrogens is 150 g/mol. The van der Waals surface area contributed by atoms with Gasteiger partial charge in [-0.3, -0.25) is 5.32 Å². The molecule has 2 nitrogen and oxygen atoms in total. The lowest BCUT2D eigenvalue weighted by Gasteiger charge is -2.07. The van der Waals surface area contributed by atoms with Crippen molar-refractivity contribution in [2.75, 3.05) is 19.9 Å². The van der Waals surface area contributed by atoms with Gasteiger partial charge in [0.2, 0.25) is 0 Å². The van der Waals surface area contributed by atoms with Gasteiger partial charge in [-0.2, -0.15) is 0 Å². The van der Waals surface area contributed by atoms with Crippen LogP contribution in [-0.2, 0) is 4.74 Å². The van der Waals surface area contributed by atoms with Gasteiger partial charge in [-0.15, -0.1) is 0 Å². The molecular formula is C10H21NO. The van der Waals surface area contributed by atoms with Crippen molar-refractivity contribution >= 4 is 0 Å². The summed E-state index contributed by atoms with van der Waals surface area (Å²) in [6, 6.07) is 0. The molecule has 0 rings (SSSR count). The summed E-state index contributed by atoms with van der Waals surface area (Å²) in [6.45, 7) is 12.5. The summed E-state index contributed by atoms with van der Waals surface area (Å²) in [6.07, 6.45) is 1.20. The average molecular weight is 171 g/mol. The second kappa shape index (κ2) is 7.32. The van der Waals surface area contributed by atoms with Crippen molar-refractivity contribution in [3.63, 3.8) is 0 Å². The Bertz CT molecular complexity index is 121. The normalized spacial score (nSPS) is 10.7. The summed E-state index contributed by atoms with van der Waals surface area (Å²) < 4.78 is 5.27. The van der Waals surface area contributed by atoms with Crippen molar-refractivity contribution in [3.8, 4) is 0 Å². The smallest absolute Gasteiger partial charge is 0.0969 e. The van der Waals surface area contributed by atoms with Crippen LogP contribution in [0.15, 0.2) is 12.2 Å². The molecule has 0 heterocycles. The Morgan fingerprint density at radius 3 is 2.67 bits per heavy atom. The fourth-order valence-electron chi connectivity index (χ4n) is 0.760. The minimum atomic E-state index is 0.638. The molecule has 0 amide bonds. The van der Waals surface area contributed by atoms with E-state index in [1.165, 1.54) is 6.42 Å². The van der Waals surface area contributed by atoms with Crippen LogP contribution in [-0.4, -0.2) is 19.9 Å². The van der Waals surface area contributed by atoms with Gasteiger partial charge in [-0.1, -0.05) is 26.0 Å². The predicted octanol–water partition coefficient (Wildman–Crippen LogP) is 2.17. The van der Waals surface area contributed by atoms with Gasteiger partial charge < -0.3 is 4.74 Å². The molecule has 0 saturated heterocycles. The molecule has 0 spiro atoms. The van der Waals surface area contributed by atoms with Gasteiger partial charge in [0.15, 0.2) is 0 Å². The first-order valence-electron chi connectivity index (χ1n) is 4.55. The molecule has 72 valence electrons. The molecule has 0 radical (unpaired) electrons. The van der Waals surface area contributed by atoms with Crippen LogP contribution < -0.4 is 5.32 Å². The molecule has 0 aliphatic heterocycles. The molecule has 0 atom stereocenters. The van der Waals surface area contributed by atoms with Crippen molar-refractivity contribution < 1.29 is 4.74 Å². The lowest BCUT2D eigenvalue weighted by molar-refractivity contribution is 0.136. The van der Waals surface area contributed by atoms with Crippen molar-refractivity contribution in [1.82, 2.24) is 5.32 Å². The SMILES string of the molecule is C=C(C)COCNCCC(C)C. The Kier molecular flexibility index (Phi) is 7.11. The van der Waals surface area contributed by atoms with Crippen molar-refractivity contribution in [1.29, 1.82) is 0 Å². The van der Waals surface area contributed by atoms with Crippen LogP contribution in [0, 0.1) is 5.92 Å². The van der Waals surface area contributed by atoms with Crippen LogP contribution in [0.4, 0.5) is 0 Å². The standard InChI is InChI=1S/C10H21NO/c1-9(2)5-6-11-8-12-7-10(3)4/h9,11H,3,5-8H2,1-2,4H3. The van der Waals surface area contributed by atoms with Crippen LogP contribution >= 0.6 is 0 Å². The molecule has 0 bridgehead atoms. The average Bonchev–Trinajstić information content (AvgIpc) is 1.95. The van der Waals surface area contributed by atoms with Crippen LogP contribution in [0.3, 0.4) is 0 Å². The van der Waals surface area contributed by atoms with E-state index < -0.39 is 0 Å². The maximum absolute atomic E-state index is 5.27. The third kappa shape index (κ3) is 9.66. The maximum atomic E-state index is 5.27. The highest BCUT2D eigenvalue weighted by Gasteiger charge is 1.92. The molecule has 0 saturated carbocycles. The zero-order chi connectivity index (χ0) is 9.40. The molecule has 0 unspecified atom stereocenters. The van der Waals surface area contributed by atoms with Gasteiger partial charge in [0, 0.05) is 0 Å². The Morgan fingerprint density at radius 2 is 2.17 bits per heavy atom. The first kappa shape index (κ1) is 11.7. The molecule has 0 aliphatic rings. The minimum Gasteiger partial charge on any atom is -0.362 e. The quantitative estimate of drug-likeness (QED) is 0.360. The Morgan fingerprint density at radius 1 is 1.50 bits per heavy atom. The molecule has 1 N–H and O–H groups in total. The Balaban J connectivity index is 2.96. The molecule has 0 aromatic rings. The van der Waals surface area contributed by atoms with E-state index in [0.717, 1.165) is 18.0 Å². The molecule has 2 heteroatoms. The van der Waals surface area contributed by atoms with E-state index in [-0.39, 0.29) is 0 Å². The Labute approximate surface area is 76.0 Å². The number of ether oxygens (including phenoxy) is 1. The lowest BCUT2D eigenvalue weighted by atomic mass is 10.1. The fourth-order valence-corrected chi connectivity index (χ4v) is 0.760. The first-order chi connectivity index (χ1) is 5.63. The summed E-state index contributed by atoms with van der Waals surface area (Å²) in [4.78, 5) is 0. The zero-order valence-electron chi connectivity index (χ0n) is 8.52. The molecule has 0 fully saturated rings. The highest BCUT2D eigenvalue weighted by Crippen LogP contribution is 1.95. The van der Waals surface area contributed by atoms with E-state index in [0.29, 0.717) is 13.3 Å². The van der Waals surface area contributed by atoms with Crippen LogP contribution in [0.5, 0.6) is 0 Å². The van der Waals surface area contributed by atoms with Gasteiger partial charge in [-0.25, -0.2) is 0 Å². The van der Waals surface area contributed by atoms with Crippen molar-refractivity contribution in [2.45, 2.75) is 27.2 Å². The topological polar surface area (TPSA) is 21.3 Å². The maximum Gasteiger partial charge on any atom is 0.0969 e. The van der Waals surface area contributed by atoms with Crippen molar-refractivity contribution in [3.05, 3.63) is 12.2 Å². The molecule has 12 heavy (non-hydrogen) atoms. The number of hydrogen-bond donors (Lipinski definition) is 1. The van der Waals surface area contributed by atoms with E-state index in [2.05, 4.69) is 25.7 Å². The first-order valence-corrected chi connectivity index (χ1v) is 4.55. The molecule has 0 aromatic carbocycles. The third-order valence-electron chi connectivity index (χ3n) is 1.45. The largest absolute Gasteiger partial charge is 0.362 e. The van der Waals surface area contributed by atoms with E-state index >= 15 is 0 Å². The molecule has 0 aliphatic carbocycles. The van der Waals surface area contributed by atoms with E-state index in [1.807, 2.05) is 6.92 Å². The van der Waals surface area contributed by atoms with Gasteiger partial charge in [0.25, 0.3) is 0 Å². The summed E-state index contributed by atoms with van der Waals surface area (Å²) in [5, 5.41) is 3.21. The number of rotatable bonds is 7. The number of hydrogen-bond acceptors (Lipinski definition) is 2. The highest BCUT2D eigenvalue weighted by molar-refractivity contribution is 4.87. The van der Waals surface area contributed by atoms with E-state index in [9.17, 15) is 0 Å². The lowest BCUT2D eigenvalue weighted by Crippen LogP contribution is -2.20. The van der Waals surface area contributed by atoms with Gasteiger partial charge >= 0.3 is 0 Å². The summed E-state index contributed by atoms with van der Waals surface area (Å²) in [5.41, 5.74) is 1.07. The summed E-state index contributed by atoms with van der Waals surface area (Å²) in [5.74, 6) is 0.763. The summed E-state index contributed by atoms with van der Waals surface area (Å²) in [7, 11) is 0. The van der Waals surface area contributed by atoms with E-state index in [4.69, 9.17) is 4.74 Å². The van der Waals surface area contributed by atoms with Crippen molar-refractivity contribution in [2.24, 2.45) is 5.92 Å². The Hall–Kier alpha value is -0.340. The number of nitrogens with one attached hydrogen (secondary N) is 1. The second-order valence-electron chi connectivity index (χ2n) is 3.63. The summed E-state index contributed by atoms with van der Waals surface area (Å²) >= 11 is 0. The van der Waals surface area contributed by atoms with Gasteiger partial charge in [-0.05, 0) is 25.8 Å². The van der Waals surface area contributed by atoms with Crippen LogP contribution in [0.25, 0.3) is 0 Å². The van der Waals surface area contributed by atoms with Gasteiger partial charge in [0.05, 0.1) is 13.3 Å². The van der Waals surface area contributed by atoms with Gasteiger partial charge in [0.1, 0.15) is 0 Å².